The summed E-state index contributed by atoms with van der Waals surface area (Å²) < 4.78 is 113. The van der Waals surface area contributed by atoms with Crippen molar-refractivity contribution in [1.29, 1.82) is 0 Å². The first-order valence-electron chi connectivity index (χ1n) is 17.1. The number of carbonyl (C=O) groups excluding carboxylic acids is 2. The lowest BCUT2D eigenvalue weighted by Crippen LogP contribution is -2.31. The quantitative estimate of drug-likeness (QED) is 0.275. The second-order valence-electron chi connectivity index (χ2n) is 9.34. The van der Waals surface area contributed by atoms with E-state index in [9.17, 15) is 18.0 Å². The lowest BCUT2D eigenvalue weighted by atomic mass is 10.0. The zero-order valence-electron chi connectivity index (χ0n) is 31.1. The molecule has 9 nitrogen and oxygen atoms in total. The van der Waals surface area contributed by atoms with E-state index < -0.39 is 60.0 Å². The summed E-state index contributed by atoms with van der Waals surface area (Å²) in [6.45, 7) is 1.55. The van der Waals surface area contributed by atoms with E-state index in [-0.39, 0.29) is 45.5 Å². The number of rotatable bonds is 8. The van der Waals surface area contributed by atoms with E-state index in [0.29, 0.717) is 11.1 Å². The number of hydrogen-bond acceptors (Lipinski definition) is 6. The van der Waals surface area contributed by atoms with Gasteiger partial charge in [0.25, 0.3) is 15.9 Å². The van der Waals surface area contributed by atoms with Crippen LogP contribution in [0, 0.1) is 6.92 Å². The van der Waals surface area contributed by atoms with Crippen molar-refractivity contribution in [2.24, 2.45) is 7.05 Å². The number of carbonyl (C=O) groups is 2. The highest BCUT2D eigenvalue weighted by Crippen LogP contribution is 2.30. The minimum absolute atomic E-state index is 0.00482. The molecule has 0 aliphatic heterocycles. The van der Waals surface area contributed by atoms with Crippen LogP contribution < -0.4 is 14.8 Å². The van der Waals surface area contributed by atoms with Gasteiger partial charge in [-0.05, 0) is 85.6 Å². The predicted octanol–water partition coefficient (Wildman–Crippen LogP) is 5.70. The molecule has 0 spiro atoms. The molecule has 0 bridgehead atoms. The summed E-state index contributed by atoms with van der Waals surface area (Å²) in [4.78, 5) is 25.7. The Bertz CT molecular complexity index is 2080. The molecular formula is C31H33N3O6S. The predicted molar refractivity (Wildman–Crippen MR) is 157 cm³/mol. The Labute approximate surface area is 252 Å². The fourth-order valence-electron chi connectivity index (χ4n) is 4.48. The fraction of sp³-hybridized carbons (Fsp3) is 0.290. The number of hydrogen-bond donors (Lipinski definition) is 2. The first-order chi connectivity index (χ1) is 23.0. The van der Waals surface area contributed by atoms with Crippen molar-refractivity contribution in [1.82, 2.24) is 9.29 Å². The van der Waals surface area contributed by atoms with E-state index in [1.165, 1.54) is 30.5 Å². The van der Waals surface area contributed by atoms with Gasteiger partial charge in [0.05, 0.1) is 16.0 Å². The van der Waals surface area contributed by atoms with Gasteiger partial charge in [0.15, 0.2) is 0 Å². The van der Waals surface area contributed by atoms with Crippen LogP contribution in [0.5, 0.6) is 5.75 Å². The Morgan fingerprint density at radius 3 is 2.63 bits per heavy atom. The van der Waals surface area contributed by atoms with Crippen LogP contribution in [0.15, 0.2) is 71.8 Å². The van der Waals surface area contributed by atoms with Crippen LogP contribution >= 0.6 is 0 Å². The van der Waals surface area contributed by atoms with Crippen molar-refractivity contribution >= 4 is 38.6 Å². The van der Waals surface area contributed by atoms with Gasteiger partial charge in [0.2, 0.25) is 0 Å². The standard InChI is InChI=1S/C31H33N3O6S/c1-20-8-4-7-11-29(20)41(37,38)33-30(35)22-13-12-21(28(17-22)39-3)16-23-19-34(2)27-15-14-24(18-26(23)27)32-31(36)40-25-9-5-6-10-25/h4,7-8,11-15,17-19,25H,5-6,9-10,16H2,1-3H3,(H,32,36)(H,33,35)/i3D3,9D2,10D2,16D2. The van der Waals surface area contributed by atoms with E-state index in [1.807, 2.05) is 4.72 Å². The molecule has 3 aromatic carbocycles. The van der Waals surface area contributed by atoms with Crippen LogP contribution in [-0.4, -0.2) is 38.1 Å². The fourth-order valence-corrected chi connectivity index (χ4v) is 5.70. The van der Waals surface area contributed by atoms with Gasteiger partial charge in [-0.15, -0.1) is 0 Å². The summed E-state index contributed by atoms with van der Waals surface area (Å²) in [6, 6.07) is 13.7. The number of nitrogens with one attached hydrogen (secondary N) is 2. The zero-order valence-corrected chi connectivity index (χ0v) is 23.0. The lowest BCUT2D eigenvalue weighted by molar-refractivity contribution is 0.0980. The Balaban J connectivity index is 1.49. The van der Waals surface area contributed by atoms with Gasteiger partial charge in [-0.1, -0.05) is 24.3 Å². The molecule has 0 unspecified atom stereocenters. The number of sulfonamides is 1. The molecular weight excluding hydrogens is 542 g/mol. The van der Waals surface area contributed by atoms with E-state index in [0.717, 1.165) is 18.2 Å². The van der Waals surface area contributed by atoms with Crippen LogP contribution in [0.2, 0.25) is 0 Å². The van der Waals surface area contributed by atoms with Crippen LogP contribution in [-0.2, 0) is 28.2 Å². The number of fused-ring (bicyclic) bond motifs is 1. The van der Waals surface area contributed by atoms with Gasteiger partial charge in [0.1, 0.15) is 11.9 Å². The molecule has 0 saturated heterocycles. The van der Waals surface area contributed by atoms with Crippen molar-refractivity contribution in [3.8, 4) is 5.75 Å². The third-order valence-corrected chi connectivity index (χ3v) is 7.97. The Kier molecular flexibility index (Phi) is 5.38. The largest absolute Gasteiger partial charge is 0.496 e. The molecule has 1 aliphatic carbocycles. The molecule has 2 N–H and O–H groups in total. The second-order valence-corrected chi connectivity index (χ2v) is 11.0. The summed E-state index contributed by atoms with van der Waals surface area (Å²) in [5, 5.41) is 2.71. The van der Waals surface area contributed by atoms with E-state index in [2.05, 4.69) is 5.32 Å². The maximum absolute atomic E-state index is 13.1. The first kappa shape index (κ1) is 18.9. The third kappa shape index (κ3) is 6.22. The summed E-state index contributed by atoms with van der Waals surface area (Å²) in [5.41, 5.74) is 0.382. The average Bonchev–Trinajstić information content (AvgIpc) is 3.44. The van der Waals surface area contributed by atoms with Crippen molar-refractivity contribution in [2.75, 3.05) is 12.4 Å². The van der Waals surface area contributed by atoms with Crippen LogP contribution in [0.1, 0.15) is 65.0 Å². The highest BCUT2D eigenvalue weighted by Gasteiger charge is 2.22. The summed E-state index contributed by atoms with van der Waals surface area (Å²) >= 11 is 0. The highest BCUT2D eigenvalue weighted by molar-refractivity contribution is 7.90. The van der Waals surface area contributed by atoms with Crippen molar-refractivity contribution < 1.29 is 39.8 Å². The van der Waals surface area contributed by atoms with Crippen molar-refractivity contribution in [3.05, 3.63) is 89.1 Å². The zero-order chi connectivity index (χ0) is 37.0. The first-order valence-corrected chi connectivity index (χ1v) is 14.0. The smallest absolute Gasteiger partial charge is 0.411 e. The minimum atomic E-state index is -4.33. The van der Waals surface area contributed by atoms with Gasteiger partial charge >= 0.3 is 6.09 Å². The lowest BCUT2D eigenvalue weighted by Gasteiger charge is -2.13. The number of anilines is 1. The van der Waals surface area contributed by atoms with Gasteiger partial charge in [-0.3, -0.25) is 10.1 Å². The molecule has 1 aliphatic rings. The van der Waals surface area contributed by atoms with Crippen LogP contribution in [0.3, 0.4) is 0 Å². The Hall–Kier alpha value is -4.31. The molecule has 0 atom stereocenters. The van der Waals surface area contributed by atoms with Gasteiger partial charge in [-0.25, -0.2) is 17.9 Å². The van der Waals surface area contributed by atoms with Crippen molar-refractivity contribution in [2.45, 2.75) is 49.9 Å². The van der Waals surface area contributed by atoms with Gasteiger partial charge < -0.3 is 14.0 Å². The number of benzene rings is 3. The molecule has 1 heterocycles. The average molecular weight is 585 g/mol. The van der Waals surface area contributed by atoms with Gasteiger partial charge in [0, 0.05) is 50.0 Å². The molecule has 0 radical (unpaired) electrons. The summed E-state index contributed by atoms with van der Waals surface area (Å²) in [7, 11) is -5.78. The normalized spacial score (nSPS) is 20.1. The van der Waals surface area contributed by atoms with Gasteiger partial charge in [-0.2, -0.15) is 0 Å². The van der Waals surface area contributed by atoms with Crippen LogP contribution in [0.25, 0.3) is 10.9 Å². The number of methoxy groups -OCH3 is 1. The third-order valence-electron chi connectivity index (χ3n) is 6.48. The maximum Gasteiger partial charge on any atom is 0.411 e. The van der Waals surface area contributed by atoms with E-state index in [1.54, 1.807) is 36.7 Å². The number of aromatic nitrogens is 1. The molecule has 1 aromatic heterocycles. The molecule has 5 rings (SSSR count). The Morgan fingerprint density at radius 2 is 1.88 bits per heavy atom. The SMILES string of the molecule is [2H]C([2H])([2H])Oc1cc(C(=O)NS(=O)(=O)c2ccccc2C)ccc1C([2H])([2H])c1cn(C)c2ccc(NC(=O)OC3C([2H])([2H])CCC3([2H])[2H])cc12. The summed E-state index contributed by atoms with van der Waals surface area (Å²) in [5.74, 6) is -1.66. The van der Waals surface area contributed by atoms with E-state index in [4.69, 9.17) is 21.8 Å². The monoisotopic (exact) mass is 584 g/mol. The number of ether oxygens (including phenoxy) is 2. The summed E-state index contributed by atoms with van der Waals surface area (Å²) in [6.07, 6.45) is -8.22. The number of nitrogens with zero attached hydrogens (tertiary/aromatic N) is 1. The highest BCUT2D eigenvalue weighted by atomic mass is 32.2. The molecule has 1 saturated carbocycles. The van der Waals surface area contributed by atoms with Crippen LogP contribution in [0.4, 0.5) is 10.5 Å². The molecule has 1 fully saturated rings. The number of amides is 2. The minimum Gasteiger partial charge on any atom is -0.496 e. The molecule has 214 valence electrons. The molecule has 2 amide bonds. The Morgan fingerprint density at radius 1 is 1.10 bits per heavy atom. The molecule has 4 aromatic rings. The second kappa shape index (κ2) is 11.7. The number of aryl methyl sites for hydroxylation is 2. The molecule has 10 heteroatoms. The topological polar surface area (TPSA) is 116 Å². The van der Waals surface area contributed by atoms with E-state index >= 15 is 0 Å². The maximum atomic E-state index is 13.1. The van der Waals surface area contributed by atoms with Crippen molar-refractivity contribution in [3.63, 3.8) is 0 Å². The molecule has 41 heavy (non-hydrogen) atoms.